The minimum atomic E-state index is -0.814. The second kappa shape index (κ2) is 11.9. The maximum absolute atomic E-state index is 10.8. The van der Waals surface area contributed by atoms with Crippen molar-refractivity contribution in [1.29, 1.82) is 0 Å². The predicted molar refractivity (Wildman–Crippen MR) is 127 cm³/mol. The summed E-state index contributed by atoms with van der Waals surface area (Å²) in [6, 6.07) is 17.5. The summed E-state index contributed by atoms with van der Waals surface area (Å²) in [5.41, 5.74) is 3.07. The zero-order valence-electron chi connectivity index (χ0n) is 19.4. The highest BCUT2D eigenvalue weighted by Gasteiger charge is 2.12. The molecule has 0 saturated carbocycles. The number of para-hydroxylation sites is 1. The summed E-state index contributed by atoms with van der Waals surface area (Å²) in [6.07, 6.45) is 3.73. The third-order valence-electron chi connectivity index (χ3n) is 5.29. The fourth-order valence-electron chi connectivity index (χ4n) is 3.31. The van der Waals surface area contributed by atoms with Crippen LogP contribution in [0.25, 0.3) is 0 Å². The maximum atomic E-state index is 10.8. The molecule has 1 atom stereocenters. The number of carboxylic acids is 1. The normalized spacial score (nSPS) is 11.6. The van der Waals surface area contributed by atoms with Crippen LogP contribution < -0.4 is 14.2 Å². The van der Waals surface area contributed by atoms with E-state index in [4.69, 9.17) is 19.3 Å². The minimum absolute atomic E-state index is 0.0901. The van der Waals surface area contributed by atoms with Crippen LogP contribution in [0, 0.1) is 6.92 Å². The van der Waals surface area contributed by atoms with E-state index in [1.165, 1.54) is 5.56 Å². The van der Waals surface area contributed by atoms with Crippen molar-refractivity contribution in [2.45, 2.75) is 52.6 Å². The van der Waals surface area contributed by atoms with Gasteiger partial charge in [0.1, 0.15) is 5.75 Å². The Morgan fingerprint density at radius 3 is 2.58 bits per heavy atom. The van der Waals surface area contributed by atoms with E-state index in [1.54, 1.807) is 6.20 Å². The van der Waals surface area contributed by atoms with E-state index in [2.05, 4.69) is 18.0 Å². The summed E-state index contributed by atoms with van der Waals surface area (Å²) < 4.78 is 18.1. The van der Waals surface area contributed by atoms with Gasteiger partial charge in [0.2, 0.25) is 5.88 Å². The highest BCUT2D eigenvalue weighted by atomic mass is 16.5. The molecular formula is C27H31NO5. The first kappa shape index (κ1) is 24.1. The number of pyridine rings is 1. The number of carbonyl (C=O) groups is 1. The van der Waals surface area contributed by atoms with Crippen molar-refractivity contribution in [3.05, 3.63) is 77.5 Å². The van der Waals surface area contributed by atoms with Crippen LogP contribution in [-0.4, -0.2) is 28.8 Å². The molecule has 6 heteroatoms. The zero-order valence-corrected chi connectivity index (χ0v) is 19.4. The van der Waals surface area contributed by atoms with Crippen molar-refractivity contribution in [2.75, 3.05) is 6.61 Å². The van der Waals surface area contributed by atoms with E-state index in [-0.39, 0.29) is 12.5 Å². The standard InChI is InChI=1S/C27H31NO5/c1-4-21-10-12-24(25(17-21)33-23-8-6-5-7-9-23)32-20(3)14-15-31-26-16-19(2)22(18-28-26)11-13-27(29)30/h5-10,12,16-18,20H,4,11,13-15H2,1-3H3,(H,29,30)/t20-/m0/s1. The fourth-order valence-corrected chi connectivity index (χ4v) is 3.31. The molecule has 174 valence electrons. The minimum Gasteiger partial charge on any atom is -0.487 e. The van der Waals surface area contributed by atoms with Crippen molar-refractivity contribution in [1.82, 2.24) is 4.98 Å². The van der Waals surface area contributed by atoms with Gasteiger partial charge < -0.3 is 19.3 Å². The molecule has 1 aromatic heterocycles. The third-order valence-corrected chi connectivity index (χ3v) is 5.29. The Bertz CT molecular complexity index is 1050. The molecule has 0 spiro atoms. The number of carboxylic acid groups (broad SMARTS) is 1. The van der Waals surface area contributed by atoms with E-state index < -0.39 is 5.97 Å². The molecule has 3 aromatic rings. The van der Waals surface area contributed by atoms with Crippen LogP contribution in [-0.2, 0) is 17.6 Å². The quantitative estimate of drug-likeness (QED) is 0.365. The topological polar surface area (TPSA) is 77.9 Å². The fraction of sp³-hybridized carbons (Fsp3) is 0.333. The van der Waals surface area contributed by atoms with Crippen LogP contribution >= 0.6 is 0 Å². The Kier molecular flexibility index (Phi) is 8.70. The van der Waals surface area contributed by atoms with Gasteiger partial charge in [0.05, 0.1) is 12.7 Å². The average Bonchev–Trinajstić information content (AvgIpc) is 2.80. The summed E-state index contributed by atoms with van der Waals surface area (Å²) >= 11 is 0. The molecule has 0 amide bonds. The molecule has 0 radical (unpaired) electrons. The summed E-state index contributed by atoms with van der Waals surface area (Å²) in [4.78, 5) is 15.1. The van der Waals surface area contributed by atoms with Gasteiger partial charge in [0.15, 0.2) is 11.5 Å². The monoisotopic (exact) mass is 449 g/mol. The lowest BCUT2D eigenvalue weighted by Crippen LogP contribution is -2.16. The van der Waals surface area contributed by atoms with E-state index in [0.29, 0.717) is 36.8 Å². The number of aliphatic carboxylic acids is 1. The van der Waals surface area contributed by atoms with E-state index in [0.717, 1.165) is 23.3 Å². The van der Waals surface area contributed by atoms with Crippen LogP contribution in [0.15, 0.2) is 60.8 Å². The van der Waals surface area contributed by atoms with Crippen LogP contribution in [0.5, 0.6) is 23.1 Å². The molecule has 6 nitrogen and oxygen atoms in total. The molecule has 0 aliphatic rings. The Labute approximate surface area is 195 Å². The van der Waals surface area contributed by atoms with Gasteiger partial charge in [-0.15, -0.1) is 0 Å². The van der Waals surface area contributed by atoms with E-state index in [9.17, 15) is 4.79 Å². The van der Waals surface area contributed by atoms with Crippen molar-refractivity contribution in [2.24, 2.45) is 0 Å². The summed E-state index contributed by atoms with van der Waals surface area (Å²) in [5.74, 6) is 1.87. The van der Waals surface area contributed by atoms with Crippen LogP contribution in [0.2, 0.25) is 0 Å². The molecule has 33 heavy (non-hydrogen) atoms. The number of hydrogen-bond acceptors (Lipinski definition) is 5. The molecule has 0 bridgehead atoms. The Morgan fingerprint density at radius 1 is 1.09 bits per heavy atom. The average molecular weight is 450 g/mol. The summed E-state index contributed by atoms with van der Waals surface area (Å²) in [5, 5.41) is 8.85. The second-order valence-corrected chi connectivity index (χ2v) is 7.96. The summed E-state index contributed by atoms with van der Waals surface area (Å²) in [7, 11) is 0. The molecule has 0 aliphatic carbocycles. The lowest BCUT2D eigenvalue weighted by Gasteiger charge is -2.18. The summed E-state index contributed by atoms with van der Waals surface area (Å²) in [6.45, 7) is 6.49. The van der Waals surface area contributed by atoms with Gasteiger partial charge in [-0.1, -0.05) is 31.2 Å². The van der Waals surface area contributed by atoms with Crippen molar-refractivity contribution >= 4 is 5.97 Å². The Morgan fingerprint density at radius 2 is 1.88 bits per heavy atom. The van der Waals surface area contributed by atoms with Gasteiger partial charge in [-0.05, 0) is 67.6 Å². The maximum Gasteiger partial charge on any atom is 0.303 e. The largest absolute Gasteiger partial charge is 0.487 e. The van der Waals surface area contributed by atoms with E-state index in [1.807, 2.05) is 62.4 Å². The van der Waals surface area contributed by atoms with Gasteiger partial charge in [0.25, 0.3) is 0 Å². The number of rotatable bonds is 12. The SMILES string of the molecule is CCc1ccc(O[C@@H](C)CCOc2cc(C)c(CCC(=O)O)cn2)c(Oc2ccccc2)c1. The molecule has 3 rings (SSSR count). The molecule has 1 N–H and O–H groups in total. The first-order valence-corrected chi connectivity index (χ1v) is 11.3. The molecular weight excluding hydrogens is 418 g/mol. The van der Waals surface area contributed by atoms with Gasteiger partial charge >= 0.3 is 5.97 Å². The first-order chi connectivity index (χ1) is 15.9. The number of nitrogens with zero attached hydrogens (tertiary/aromatic N) is 1. The highest BCUT2D eigenvalue weighted by Crippen LogP contribution is 2.33. The highest BCUT2D eigenvalue weighted by molar-refractivity contribution is 5.67. The molecule has 1 heterocycles. The smallest absolute Gasteiger partial charge is 0.303 e. The van der Waals surface area contributed by atoms with E-state index >= 15 is 0 Å². The Hall–Kier alpha value is -3.54. The van der Waals surface area contributed by atoms with Crippen LogP contribution in [0.4, 0.5) is 0 Å². The molecule has 0 saturated heterocycles. The molecule has 0 unspecified atom stereocenters. The predicted octanol–water partition coefficient (Wildman–Crippen LogP) is 6.00. The third kappa shape index (κ3) is 7.52. The molecule has 2 aromatic carbocycles. The Balaban J connectivity index is 1.56. The number of aryl methyl sites for hydroxylation is 3. The lowest BCUT2D eigenvalue weighted by molar-refractivity contribution is -0.136. The van der Waals surface area contributed by atoms with Gasteiger partial charge in [-0.2, -0.15) is 0 Å². The first-order valence-electron chi connectivity index (χ1n) is 11.3. The second-order valence-electron chi connectivity index (χ2n) is 7.96. The van der Waals surface area contributed by atoms with Crippen molar-refractivity contribution < 1.29 is 24.1 Å². The van der Waals surface area contributed by atoms with Crippen molar-refractivity contribution in [3.63, 3.8) is 0 Å². The number of benzene rings is 2. The van der Waals surface area contributed by atoms with Gasteiger partial charge in [-0.25, -0.2) is 4.98 Å². The number of ether oxygens (including phenoxy) is 3. The number of aromatic nitrogens is 1. The van der Waals surface area contributed by atoms with Gasteiger partial charge in [0, 0.05) is 25.1 Å². The molecule has 0 aliphatic heterocycles. The lowest BCUT2D eigenvalue weighted by atomic mass is 10.1. The van der Waals surface area contributed by atoms with Crippen molar-refractivity contribution in [3.8, 4) is 23.1 Å². The number of hydrogen-bond donors (Lipinski definition) is 1. The van der Waals surface area contributed by atoms with Crippen LogP contribution in [0.3, 0.4) is 0 Å². The molecule has 0 fully saturated rings. The van der Waals surface area contributed by atoms with Gasteiger partial charge in [-0.3, -0.25) is 4.79 Å². The van der Waals surface area contributed by atoms with Crippen LogP contribution in [0.1, 0.15) is 43.4 Å². The zero-order chi connectivity index (χ0) is 23.6.